The Hall–Kier alpha value is -1.36. The van der Waals surface area contributed by atoms with Crippen molar-refractivity contribution in [2.24, 2.45) is 5.41 Å². The van der Waals surface area contributed by atoms with Crippen LogP contribution in [0.1, 0.15) is 57.8 Å². The third-order valence-electron chi connectivity index (χ3n) is 4.24. The lowest BCUT2D eigenvalue weighted by Crippen LogP contribution is -2.49. The Morgan fingerprint density at radius 3 is 3.05 bits per heavy atom. The fraction of sp³-hybridized carbons (Fsp3) is 0.750. The summed E-state index contributed by atoms with van der Waals surface area (Å²) in [5, 5.41) is 6.37. The van der Waals surface area contributed by atoms with Crippen LogP contribution in [-0.4, -0.2) is 28.5 Å². The van der Waals surface area contributed by atoms with Crippen LogP contribution in [-0.2, 0) is 17.8 Å². The van der Waals surface area contributed by atoms with Crippen LogP contribution in [0.5, 0.6) is 0 Å². The van der Waals surface area contributed by atoms with E-state index in [1.54, 1.807) is 6.33 Å². The van der Waals surface area contributed by atoms with E-state index in [4.69, 9.17) is 0 Å². The number of hydrogen-bond acceptors (Lipinski definition) is 3. The van der Waals surface area contributed by atoms with E-state index in [2.05, 4.69) is 41.4 Å². The molecule has 0 aliphatic carbocycles. The summed E-state index contributed by atoms with van der Waals surface area (Å²) in [6.07, 6.45) is 7.26. The number of carbonyl (C=O) groups is 1. The molecule has 5 nitrogen and oxygen atoms in total. The SMILES string of the molecule is CCCCCC(C)(C)CNC(=O)C1Cc2nc[nH]c2CN1. The molecule has 0 bridgehead atoms. The molecule has 3 N–H and O–H groups in total. The van der Waals surface area contributed by atoms with Crippen molar-refractivity contribution in [2.75, 3.05) is 6.54 Å². The second kappa shape index (κ2) is 7.07. The average molecular weight is 292 g/mol. The summed E-state index contributed by atoms with van der Waals surface area (Å²) in [6.45, 7) is 8.09. The minimum Gasteiger partial charge on any atom is -0.354 e. The van der Waals surface area contributed by atoms with E-state index < -0.39 is 0 Å². The summed E-state index contributed by atoms with van der Waals surface area (Å²) in [4.78, 5) is 19.7. The molecule has 1 unspecified atom stereocenters. The van der Waals surface area contributed by atoms with Gasteiger partial charge in [-0.25, -0.2) is 4.98 Å². The van der Waals surface area contributed by atoms with Crippen molar-refractivity contribution < 1.29 is 4.79 Å². The fourth-order valence-electron chi connectivity index (χ4n) is 2.75. The summed E-state index contributed by atoms with van der Waals surface area (Å²) in [7, 11) is 0. The first-order valence-electron chi connectivity index (χ1n) is 8.04. The number of aromatic amines is 1. The molecule has 0 radical (unpaired) electrons. The molecular formula is C16H28N4O. The molecule has 0 fully saturated rings. The number of nitrogens with one attached hydrogen (secondary N) is 3. The Kier molecular flexibility index (Phi) is 5.39. The zero-order chi connectivity index (χ0) is 15.3. The van der Waals surface area contributed by atoms with E-state index in [1.165, 1.54) is 19.3 Å². The number of fused-ring (bicyclic) bond motifs is 1. The highest BCUT2D eigenvalue weighted by atomic mass is 16.2. The molecule has 1 aromatic rings. The molecule has 1 aromatic heterocycles. The first-order valence-corrected chi connectivity index (χ1v) is 8.04. The van der Waals surface area contributed by atoms with Gasteiger partial charge in [0.2, 0.25) is 5.91 Å². The highest BCUT2D eigenvalue weighted by Crippen LogP contribution is 2.22. The van der Waals surface area contributed by atoms with Crippen LogP contribution in [0.25, 0.3) is 0 Å². The van der Waals surface area contributed by atoms with Crippen molar-refractivity contribution in [3.8, 4) is 0 Å². The number of H-pyrrole nitrogens is 1. The third-order valence-corrected chi connectivity index (χ3v) is 4.24. The molecule has 2 heterocycles. The maximum Gasteiger partial charge on any atom is 0.237 e. The van der Waals surface area contributed by atoms with Gasteiger partial charge in [0, 0.05) is 19.5 Å². The Morgan fingerprint density at radius 1 is 1.48 bits per heavy atom. The first kappa shape index (κ1) is 16.0. The lowest BCUT2D eigenvalue weighted by Gasteiger charge is -2.27. The predicted molar refractivity (Wildman–Crippen MR) is 83.9 cm³/mol. The van der Waals surface area contributed by atoms with Crippen molar-refractivity contribution in [3.05, 3.63) is 17.7 Å². The summed E-state index contributed by atoms with van der Waals surface area (Å²) in [5.41, 5.74) is 2.27. The molecule has 1 atom stereocenters. The number of amides is 1. The zero-order valence-electron chi connectivity index (χ0n) is 13.5. The van der Waals surface area contributed by atoms with E-state index in [0.717, 1.165) is 24.4 Å². The number of nitrogens with zero attached hydrogens (tertiary/aromatic N) is 1. The molecule has 1 aliphatic heterocycles. The first-order chi connectivity index (χ1) is 10.0. The van der Waals surface area contributed by atoms with E-state index in [9.17, 15) is 4.79 Å². The Labute approximate surface area is 127 Å². The molecule has 5 heteroatoms. The maximum atomic E-state index is 12.3. The van der Waals surface area contributed by atoms with Crippen LogP contribution in [0.15, 0.2) is 6.33 Å². The third kappa shape index (κ3) is 4.56. The lowest BCUT2D eigenvalue weighted by molar-refractivity contribution is -0.123. The number of unbranched alkanes of at least 4 members (excludes halogenated alkanes) is 2. The van der Waals surface area contributed by atoms with Crippen molar-refractivity contribution in [2.45, 2.75) is 65.5 Å². The second-order valence-electron chi connectivity index (χ2n) is 6.80. The van der Waals surface area contributed by atoms with Gasteiger partial charge in [-0.3, -0.25) is 10.1 Å². The molecule has 21 heavy (non-hydrogen) atoms. The van der Waals surface area contributed by atoms with Crippen molar-refractivity contribution >= 4 is 5.91 Å². The van der Waals surface area contributed by atoms with Crippen molar-refractivity contribution in [3.63, 3.8) is 0 Å². The van der Waals surface area contributed by atoms with Gasteiger partial charge in [-0.15, -0.1) is 0 Å². The number of aromatic nitrogens is 2. The van der Waals surface area contributed by atoms with Gasteiger partial charge in [0.1, 0.15) is 0 Å². The molecule has 2 rings (SSSR count). The minimum atomic E-state index is -0.160. The Balaban J connectivity index is 1.77. The van der Waals surface area contributed by atoms with Gasteiger partial charge in [0.15, 0.2) is 0 Å². The molecule has 0 aromatic carbocycles. The number of carbonyl (C=O) groups excluding carboxylic acids is 1. The summed E-state index contributed by atoms with van der Waals surface area (Å²) in [6, 6.07) is -0.160. The smallest absolute Gasteiger partial charge is 0.237 e. The van der Waals surface area contributed by atoms with E-state index in [1.807, 2.05) is 0 Å². The predicted octanol–water partition coefficient (Wildman–Crippen LogP) is 2.15. The van der Waals surface area contributed by atoms with Crippen LogP contribution >= 0.6 is 0 Å². The summed E-state index contributed by atoms with van der Waals surface area (Å²) >= 11 is 0. The van der Waals surface area contributed by atoms with E-state index in [0.29, 0.717) is 13.0 Å². The molecule has 0 saturated heterocycles. The van der Waals surface area contributed by atoms with Gasteiger partial charge in [0.25, 0.3) is 0 Å². The van der Waals surface area contributed by atoms with E-state index >= 15 is 0 Å². The molecule has 1 aliphatic rings. The maximum absolute atomic E-state index is 12.3. The fourth-order valence-corrected chi connectivity index (χ4v) is 2.75. The van der Waals surface area contributed by atoms with Gasteiger partial charge in [0.05, 0.1) is 23.8 Å². The lowest BCUT2D eigenvalue weighted by atomic mass is 9.86. The van der Waals surface area contributed by atoms with Gasteiger partial charge in [-0.1, -0.05) is 40.0 Å². The normalized spacial score (nSPS) is 18.3. The van der Waals surface area contributed by atoms with Crippen LogP contribution in [0.3, 0.4) is 0 Å². The van der Waals surface area contributed by atoms with E-state index in [-0.39, 0.29) is 17.4 Å². The molecule has 1 amide bonds. The Morgan fingerprint density at radius 2 is 2.29 bits per heavy atom. The standard InChI is InChI=1S/C16H28N4O/c1-4-5-6-7-16(2,3)10-18-15(21)13-8-12-14(9-17-13)20-11-19-12/h11,13,17H,4-10H2,1-3H3,(H,18,21)(H,19,20). The number of imidazole rings is 1. The van der Waals surface area contributed by atoms with Crippen LogP contribution in [0.4, 0.5) is 0 Å². The van der Waals surface area contributed by atoms with Crippen LogP contribution < -0.4 is 10.6 Å². The molecular weight excluding hydrogens is 264 g/mol. The molecule has 0 spiro atoms. The average Bonchev–Trinajstić information content (AvgIpc) is 2.92. The van der Waals surface area contributed by atoms with Crippen LogP contribution in [0.2, 0.25) is 0 Å². The number of hydrogen-bond donors (Lipinski definition) is 3. The Bertz CT molecular complexity index is 467. The van der Waals surface area contributed by atoms with Crippen LogP contribution in [0, 0.1) is 5.41 Å². The highest BCUT2D eigenvalue weighted by molar-refractivity contribution is 5.82. The van der Waals surface area contributed by atoms with Gasteiger partial charge >= 0.3 is 0 Å². The van der Waals surface area contributed by atoms with Crippen molar-refractivity contribution in [1.82, 2.24) is 20.6 Å². The molecule has 118 valence electrons. The zero-order valence-corrected chi connectivity index (χ0v) is 13.5. The largest absolute Gasteiger partial charge is 0.354 e. The summed E-state index contributed by atoms with van der Waals surface area (Å²) in [5.74, 6) is 0.0900. The quantitative estimate of drug-likeness (QED) is 0.674. The second-order valence-corrected chi connectivity index (χ2v) is 6.80. The van der Waals surface area contributed by atoms with Gasteiger partial charge in [-0.05, 0) is 11.8 Å². The van der Waals surface area contributed by atoms with Crippen molar-refractivity contribution in [1.29, 1.82) is 0 Å². The monoisotopic (exact) mass is 292 g/mol. The topological polar surface area (TPSA) is 69.8 Å². The summed E-state index contributed by atoms with van der Waals surface area (Å²) < 4.78 is 0. The minimum absolute atomic E-state index is 0.0900. The van der Waals surface area contributed by atoms with Gasteiger partial charge < -0.3 is 10.3 Å². The molecule has 0 saturated carbocycles. The highest BCUT2D eigenvalue weighted by Gasteiger charge is 2.27. The van der Waals surface area contributed by atoms with Gasteiger partial charge in [-0.2, -0.15) is 0 Å². The number of rotatable bonds is 7.